The van der Waals surface area contributed by atoms with E-state index in [1.54, 1.807) is 0 Å². The molecule has 1 aromatic rings. The Morgan fingerprint density at radius 2 is 1.77 bits per heavy atom. The Bertz CT molecular complexity index is 297. The van der Waals surface area contributed by atoms with Crippen molar-refractivity contribution in [2.24, 2.45) is 0 Å². The summed E-state index contributed by atoms with van der Waals surface area (Å²) in [5, 5.41) is 0. The molecule has 0 saturated carbocycles. The molecule has 1 atom stereocenters. The van der Waals surface area contributed by atoms with Crippen molar-refractivity contribution in [3.8, 4) is 0 Å². The molecule has 0 heterocycles. The van der Waals surface area contributed by atoms with Crippen LogP contribution in [-0.2, 0) is 10.8 Å². The van der Waals surface area contributed by atoms with Crippen molar-refractivity contribution in [2.75, 3.05) is 5.75 Å². The minimum Gasteiger partial charge on any atom is -0.254 e. The molecule has 1 nitrogen and oxygen atoms in total. The topological polar surface area (TPSA) is 17.1 Å². The number of alkyl halides is 2. The van der Waals surface area contributed by atoms with Gasteiger partial charge in [-0.1, -0.05) is 0 Å². The quantitative estimate of drug-likeness (QED) is 0.744. The summed E-state index contributed by atoms with van der Waals surface area (Å²) in [5.41, 5.74) is 0. The third-order valence-electron chi connectivity index (χ3n) is 1.35. The highest BCUT2D eigenvalue weighted by Crippen LogP contribution is 2.10. The van der Waals surface area contributed by atoms with E-state index in [1.807, 2.05) is 0 Å². The summed E-state index contributed by atoms with van der Waals surface area (Å²) < 4.78 is 47.0. The lowest BCUT2D eigenvalue weighted by Gasteiger charge is -2.00. The molecule has 0 spiro atoms. The summed E-state index contributed by atoms with van der Waals surface area (Å²) in [5.74, 6) is -1.18. The number of rotatable bonds is 3. The van der Waals surface area contributed by atoms with Gasteiger partial charge in [0.25, 0.3) is 0 Å². The molecule has 0 radical (unpaired) electrons. The number of benzene rings is 1. The molecule has 0 aliphatic rings. The van der Waals surface area contributed by atoms with E-state index >= 15 is 0 Å². The van der Waals surface area contributed by atoms with Crippen LogP contribution in [-0.4, -0.2) is 16.4 Å². The van der Waals surface area contributed by atoms with Gasteiger partial charge in [0.05, 0.1) is 16.6 Å². The SMILES string of the molecule is O=S(CC(F)F)c1ccc(F)cc1. The standard InChI is InChI=1S/C8H7F3OS/c9-6-1-3-7(4-2-6)13(12)5-8(10)11/h1-4,8H,5H2. The average molecular weight is 208 g/mol. The van der Waals surface area contributed by atoms with E-state index in [1.165, 1.54) is 12.1 Å². The van der Waals surface area contributed by atoms with Gasteiger partial charge in [-0.25, -0.2) is 13.2 Å². The van der Waals surface area contributed by atoms with Gasteiger partial charge >= 0.3 is 0 Å². The highest BCUT2D eigenvalue weighted by molar-refractivity contribution is 7.85. The van der Waals surface area contributed by atoms with Crippen LogP contribution in [0.15, 0.2) is 29.2 Å². The smallest absolute Gasteiger partial charge is 0.250 e. The molecule has 0 bridgehead atoms. The third kappa shape index (κ3) is 3.18. The summed E-state index contributed by atoms with van der Waals surface area (Å²) in [7, 11) is -1.74. The molecule has 0 aromatic heterocycles. The Hall–Kier alpha value is -0.840. The molecule has 5 heteroatoms. The van der Waals surface area contributed by atoms with Crippen LogP contribution in [0.25, 0.3) is 0 Å². The van der Waals surface area contributed by atoms with Gasteiger partial charge in [0.15, 0.2) is 0 Å². The number of halogens is 3. The minimum atomic E-state index is -2.61. The fourth-order valence-electron chi connectivity index (χ4n) is 0.797. The van der Waals surface area contributed by atoms with E-state index in [4.69, 9.17) is 0 Å². The minimum absolute atomic E-state index is 0.224. The lowest BCUT2D eigenvalue weighted by molar-refractivity contribution is 0.175. The van der Waals surface area contributed by atoms with Gasteiger partial charge in [-0.05, 0) is 24.3 Å². The first kappa shape index (κ1) is 10.2. The van der Waals surface area contributed by atoms with Gasteiger partial charge in [-0.3, -0.25) is 4.21 Å². The first-order valence-electron chi connectivity index (χ1n) is 3.51. The number of hydrogen-bond acceptors (Lipinski definition) is 1. The van der Waals surface area contributed by atoms with Crippen LogP contribution in [0.5, 0.6) is 0 Å². The highest BCUT2D eigenvalue weighted by Gasteiger charge is 2.10. The second kappa shape index (κ2) is 4.41. The van der Waals surface area contributed by atoms with Crippen molar-refractivity contribution in [1.29, 1.82) is 0 Å². The Morgan fingerprint density at radius 1 is 1.23 bits per heavy atom. The molecule has 1 unspecified atom stereocenters. The zero-order chi connectivity index (χ0) is 9.84. The molecule has 72 valence electrons. The van der Waals surface area contributed by atoms with Gasteiger partial charge in [0.1, 0.15) is 5.82 Å². The van der Waals surface area contributed by atoms with E-state index in [2.05, 4.69) is 0 Å². The summed E-state index contributed by atoms with van der Waals surface area (Å²) in [6, 6.07) is 4.68. The molecule has 0 aliphatic carbocycles. The van der Waals surface area contributed by atoms with E-state index in [9.17, 15) is 17.4 Å². The summed E-state index contributed by atoms with van der Waals surface area (Å²) in [6.07, 6.45) is -2.61. The largest absolute Gasteiger partial charge is 0.254 e. The Kier molecular flexibility index (Phi) is 3.48. The Balaban J connectivity index is 2.72. The normalized spacial score (nSPS) is 13.2. The first-order valence-corrected chi connectivity index (χ1v) is 4.83. The van der Waals surface area contributed by atoms with Crippen molar-refractivity contribution in [1.82, 2.24) is 0 Å². The first-order chi connectivity index (χ1) is 6.09. The lowest BCUT2D eigenvalue weighted by atomic mass is 10.4. The maximum atomic E-state index is 12.4. The van der Waals surface area contributed by atoms with Crippen LogP contribution >= 0.6 is 0 Å². The van der Waals surface area contributed by atoms with Crippen molar-refractivity contribution in [3.63, 3.8) is 0 Å². The summed E-state index contributed by atoms with van der Waals surface area (Å²) >= 11 is 0. The van der Waals surface area contributed by atoms with Gasteiger partial charge in [-0.15, -0.1) is 0 Å². The fourth-order valence-corrected chi connectivity index (χ4v) is 1.66. The van der Waals surface area contributed by atoms with Crippen molar-refractivity contribution in [3.05, 3.63) is 30.1 Å². The van der Waals surface area contributed by atoms with Crippen LogP contribution in [0, 0.1) is 5.82 Å². The Labute approximate surface area is 76.0 Å². The zero-order valence-electron chi connectivity index (χ0n) is 6.54. The summed E-state index contributed by atoms with van der Waals surface area (Å²) in [6.45, 7) is 0. The molecule has 0 amide bonds. The van der Waals surface area contributed by atoms with E-state index in [-0.39, 0.29) is 4.90 Å². The maximum absolute atomic E-state index is 12.4. The van der Waals surface area contributed by atoms with E-state index in [0.29, 0.717) is 0 Å². The average Bonchev–Trinajstić information content (AvgIpc) is 2.04. The lowest BCUT2D eigenvalue weighted by Crippen LogP contribution is -2.06. The van der Waals surface area contributed by atoms with Gasteiger partial charge in [0.2, 0.25) is 6.43 Å². The van der Waals surface area contributed by atoms with Crippen molar-refractivity contribution in [2.45, 2.75) is 11.3 Å². The van der Waals surface area contributed by atoms with Gasteiger partial charge in [-0.2, -0.15) is 0 Å². The number of hydrogen-bond donors (Lipinski definition) is 0. The van der Waals surface area contributed by atoms with Crippen molar-refractivity contribution < 1.29 is 17.4 Å². The van der Waals surface area contributed by atoms with Gasteiger partial charge < -0.3 is 0 Å². The molecule has 13 heavy (non-hydrogen) atoms. The molecular weight excluding hydrogens is 201 g/mol. The molecule has 1 rings (SSSR count). The molecule has 0 fully saturated rings. The predicted molar refractivity (Wildman–Crippen MR) is 43.7 cm³/mol. The van der Waals surface area contributed by atoms with Crippen LogP contribution in [0.3, 0.4) is 0 Å². The second-order valence-electron chi connectivity index (χ2n) is 2.36. The van der Waals surface area contributed by atoms with Crippen LogP contribution in [0.2, 0.25) is 0 Å². The molecular formula is C8H7F3OS. The summed E-state index contributed by atoms with van der Waals surface area (Å²) in [4.78, 5) is 0.224. The third-order valence-corrected chi connectivity index (χ3v) is 2.71. The predicted octanol–water partition coefficient (Wildman–Crippen LogP) is 2.20. The van der Waals surface area contributed by atoms with Gasteiger partial charge in [0, 0.05) is 4.90 Å². The molecule has 0 N–H and O–H groups in total. The maximum Gasteiger partial charge on any atom is 0.250 e. The van der Waals surface area contributed by atoms with E-state index in [0.717, 1.165) is 12.1 Å². The molecule has 0 saturated heterocycles. The highest BCUT2D eigenvalue weighted by atomic mass is 32.2. The van der Waals surface area contributed by atoms with Crippen LogP contribution in [0.4, 0.5) is 13.2 Å². The van der Waals surface area contributed by atoms with E-state index < -0.39 is 28.8 Å². The fraction of sp³-hybridized carbons (Fsp3) is 0.250. The zero-order valence-corrected chi connectivity index (χ0v) is 7.36. The van der Waals surface area contributed by atoms with Crippen molar-refractivity contribution >= 4 is 10.8 Å². The second-order valence-corrected chi connectivity index (χ2v) is 3.85. The Morgan fingerprint density at radius 3 is 2.23 bits per heavy atom. The van der Waals surface area contributed by atoms with Crippen LogP contribution < -0.4 is 0 Å². The molecule has 1 aromatic carbocycles. The molecule has 0 aliphatic heterocycles. The van der Waals surface area contributed by atoms with Crippen LogP contribution in [0.1, 0.15) is 0 Å². The monoisotopic (exact) mass is 208 g/mol.